The summed E-state index contributed by atoms with van der Waals surface area (Å²) in [5, 5.41) is 0.454. The fraction of sp³-hybridized carbons (Fsp3) is 0.273. The van der Waals surface area contributed by atoms with Crippen LogP contribution in [-0.4, -0.2) is 8.99 Å². The highest BCUT2D eigenvalue weighted by Crippen LogP contribution is 2.07. The Morgan fingerprint density at radius 1 is 1.25 bits per heavy atom. The van der Waals surface area contributed by atoms with Crippen molar-refractivity contribution in [3.8, 4) is 0 Å². The third kappa shape index (κ3) is 2.04. The number of nitrogens with zero attached hydrogens (tertiary/aromatic N) is 1. The second-order valence-electron chi connectivity index (χ2n) is 3.37. The van der Waals surface area contributed by atoms with Gasteiger partial charge >= 0.3 is 11.4 Å². The van der Waals surface area contributed by atoms with E-state index in [0.29, 0.717) is 17.4 Å². The maximum absolute atomic E-state index is 11.6. The molecule has 16 heavy (non-hydrogen) atoms. The molecule has 1 aromatic heterocycles. The first-order chi connectivity index (χ1) is 7.74. The lowest BCUT2D eigenvalue weighted by molar-refractivity contribution is 0.416. The Kier molecular flexibility index (Phi) is 3.42. The summed E-state index contributed by atoms with van der Waals surface area (Å²) < 4.78 is 7.13. The Balaban J connectivity index is 2.72. The quantitative estimate of drug-likeness (QED) is 0.636. The highest BCUT2D eigenvalue weighted by molar-refractivity contribution is 14.1. The standard InChI is InChI=1S/C11H10INO3/c12-6-3-7-13-9-5-2-1-4-8(9)10(14)16-11(13)15/h1-2,4-5H,3,6-7H2. The van der Waals surface area contributed by atoms with Gasteiger partial charge in [0.1, 0.15) is 0 Å². The Bertz CT molecular complexity index is 614. The molecule has 4 nitrogen and oxygen atoms in total. The minimum atomic E-state index is -0.575. The molecule has 0 aliphatic rings. The number of para-hydroxylation sites is 1. The largest absolute Gasteiger partial charge is 0.422 e. The van der Waals surface area contributed by atoms with E-state index in [1.807, 2.05) is 6.07 Å². The molecular weight excluding hydrogens is 321 g/mol. The number of alkyl halides is 1. The summed E-state index contributed by atoms with van der Waals surface area (Å²) in [5.74, 6) is -0.575. The monoisotopic (exact) mass is 331 g/mol. The lowest BCUT2D eigenvalue weighted by Gasteiger charge is -2.06. The zero-order valence-electron chi connectivity index (χ0n) is 8.48. The summed E-state index contributed by atoms with van der Waals surface area (Å²) in [6, 6.07) is 7.00. The highest BCUT2D eigenvalue weighted by atomic mass is 127. The van der Waals surface area contributed by atoms with Crippen molar-refractivity contribution in [1.82, 2.24) is 4.57 Å². The molecule has 1 aromatic carbocycles. The maximum atomic E-state index is 11.6. The number of hydrogen-bond donors (Lipinski definition) is 0. The second kappa shape index (κ2) is 4.82. The highest BCUT2D eigenvalue weighted by Gasteiger charge is 2.07. The molecule has 84 valence electrons. The molecule has 0 N–H and O–H groups in total. The fourth-order valence-corrected chi connectivity index (χ4v) is 1.94. The lowest BCUT2D eigenvalue weighted by atomic mass is 10.2. The van der Waals surface area contributed by atoms with E-state index in [-0.39, 0.29) is 0 Å². The molecule has 0 atom stereocenters. The van der Waals surface area contributed by atoms with Crippen LogP contribution in [0.1, 0.15) is 6.42 Å². The molecule has 5 heteroatoms. The molecule has 2 aromatic rings. The summed E-state index contributed by atoms with van der Waals surface area (Å²) in [6.45, 7) is 0.575. The van der Waals surface area contributed by atoms with Gasteiger partial charge in [0.15, 0.2) is 0 Å². The van der Waals surface area contributed by atoms with Crippen LogP contribution in [-0.2, 0) is 6.54 Å². The molecular formula is C11H10INO3. The van der Waals surface area contributed by atoms with Crippen molar-refractivity contribution >= 4 is 33.5 Å². The van der Waals surface area contributed by atoms with Gasteiger partial charge in [-0.1, -0.05) is 34.7 Å². The van der Waals surface area contributed by atoms with Gasteiger partial charge in [0, 0.05) is 11.0 Å². The SMILES string of the molecule is O=c1oc(=O)n(CCCI)c2ccccc12. The predicted octanol–water partition coefficient (Wildman–Crippen LogP) is 1.78. The Morgan fingerprint density at radius 3 is 2.75 bits per heavy atom. The van der Waals surface area contributed by atoms with Crippen molar-refractivity contribution in [3.05, 3.63) is 45.2 Å². The maximum Gasteiger partial charge on any atom is 0.422 e. The molecule has 0 aliphatic heterocycles. The van der Waals surface area contributed by atoms with Crippen molar-refractivity contribution < 1.29 is 4.42 Å². The van der Waals surface area contributed by atoms with Gasteiger partial charge < -0.3 is 4.42 Å². The number of benzene rings is 1. The zero-order valence-corrected chi connectivity index (χ0v) is 10.6. The zero-order chi connectivity index (χ0) is 11.5. The van der Waals surface area contributed by atoms with Gasteiger partial charge in [-0.05, 0) is 18.6 Å². The van der Waals surface area contributed by atoms with E-state index in [2.05, 4.69) is 27.0 Å². The van der Waals surface area contributed by atoms with Crippen LogP contribution in [0.5, 0.6) is 0 Å². The average Bonchev–Trinajstić information content (AvgIpc) is 2.29. The molecule has 0 saturated heterocycles. The van der Waals surface area contributed by atoms with E-state index in [9.17, 15) is 9.59 Å². The van der Waals surface area contributed by atoms with E-state index in [1.165, 1.54) is 4.57 Å². The van der Waals surface area contributed by atoms with Gasteiger partial charge in [-0.15, -0.1) is 0 Å². The van der Waals surface area contributed by atoms with Crippen LogP contribution in [0.2, 0.25) is 0 Å². The van der Waals surface area contributed by atoms with Gasteiger partial charge in [-0.2, -0.15) is 0 Å². The van der Waals surface area contributed by atoms with Crippen LogP contribution in [0.3, 0.4) is 0 Å². The smallest absolute Gasteiger partial charge is 0.372 e. The molecule has 0 spiro atoms. The normalized spacial score (nSPS) is 10.8. The van der Waals surface area contributed by atoms with Crippen LogP contribution in [0.25, 0.3) is 10.9 Å². The van der Waals surface area contributed by atoms with Gasteiger partial charge in [-0.3, -0.25) is 4.57 Å². The van der Waals surface area contributed by atoms with E-state index in [4.69, 9.17) is 0 Å². The van der Waals surface area contributed by atoms with E-state index in [1.54, 1.807) is 18.2 Å². The summed E-state index contributed by atoms with van der Waals surface area (Å²) in [5.41, 5.74) is 0.0833. The number of aromatic nitrogens is 1. The number of rotatable bonds is 3. The first-order valence-electron chi connectivity index (χ1n) is 4.92. The van der Waals surface area contributed by atoms with Crippen LogP contribution in [0, 0.1) is 0 Å². The predicted molar refractivity (Wildman–Crippen MR) is 70.2 cm³/mol. The van der Waals surface area contributed by atoms with Crippen molar-refractivity contribution in [2.75, 3.05) is 4.43 Å². The van der Waals surface area contributed by atoms with Crippen LogP contribution in [0.4, 0.5) is 0 Å². The first-order valence-corrected chi connectivity index (χ1v) is 6.45. The molecule has 0 radical (unpaired) electrons. The number of hydrogen-bond acceptors (Lipinski definition) is 3. The molecule has 0 unspecified atom stereocenters. The van der Waals surface area contributed by atoms with Crippen LogP contribution >= 0.6 is 22.6 Å². The number of halogens is 1. The Labute approximate surface area is 105 Å². The third-order valence-corrected chi connectivity index (χ3v) is 3.09. The molecule has 0 saturated carbocycles. The first kappa shape index (κ1) is 11.4. The fourth-order valence-electron chi connectivity index (χ4n) is 1.60. The molecule has 0 amide bonds. The summed E-state index contributed by atoms with van der Waals surface area (Å²) in [7, 11) is 0. The molecule has 1 heterocycles. The van der Waals surface area contributed by atoms with Crippen LogP contribution in [0.15, 0.2) is 38.3 Å². The van der Waals surface area contributed by atoms with E-state index < -0.39 is 11.4 Å². The minimum Gasteiger partial charge on any atom is -0.372 e. The molecule has 0 aliphatic carbocycles. The van der Waals surface area contributed by atoms with E-state index >= 15 is 0 Å². The van der Waals surface area contributed by atoms with Gasteiger partial charge in [0.25, 0.3) is 0 Å². The van der Waals surface area contributed by atoms with Crippen molar-refractivity contribution in [3.63, 3.8) is 0 Å². The number of fused-ring (bicyclic) bond motifs is 1. The van der Waals surface area contributed by atoms with Gasteiger partial charge in [0.2, 0.25) is 0 Å². The topological polar surface area (TPSA) is 52.2 Å². The van der Waals surface area contributed by atoms with Crippen molar-refractivity contribution in [2.24, 2.45) is 0 Å². The van der Waals surface area contributed by atoms with Gasteiger partial charge in [-0.25, -0.2) is 9.59 Å². The number of aryl methyl sites for hydroxylation is 1. The van der Waals surface area contributed by atoms with Crippen LogP contribution < -0.4 is 11.4 Å². The van der Waals surface area contributed by atoms with Gasteiger partial charge in [0.05, 0.1) is 10.9 Å². The second-order valence-corrected chi connectivity index (χ2v) is 4.45. The average molecular weight is 331 g/mol. The molecule has 0 bridgehead atoms. The Hall–Kier alpha value is -1.11. The molecule has 0 fully saturated rings. The third-order valence-electron chi connectivity index (χ3n) is 2.33. The lowest BCUT2D eigenvalue weighted by Crippen LogP contribution is -2.25. The summed E-state index contributed by atoms with van der Waals surface area (Å²) in [4.78, 5) is 23.0. The van der Waals surface area contributed by atoms with E-state index in [0.717, 1.165) is 10.8 Å². The summed E-state index contributed by atoms with van der Waals surface area (Å²) in [6.07, 6.45) is 0.873. The minimum absolute atomic E-state index is 0.454. The molecule has 2 rings (SSSR count). The Morgan fingerprint density at radius 2 is 2.00 bits per heavy atom. The van der Waals surface area contributed by atoms with Crippen molar-refractivity contribution in [1.29, 1.82) is 0 Å². The summed E-state index contributed by atoms with van der Waals surface area (Å²) >= 11 is 2.25. The van der Waals surface area contributed by atoms with Crippen molar-refractivity contribution in [2.45, 2.75) is 13.0 Å².